The summed E-state index contributed by atoms with van der Waals surface area (Å²) in [5.74, 6) is 0. The maximum Gasteiger partial charge on any atom is 0.0956 e. The summed E-state index contributed by atoms with van der Waals surface area (Å²) in [6.07, 6.45) is 0.778. The van der Waals surface area contributed by atoms with Gasteiger partial charge in [-0.2, -0.15) is 0 Å². The predicted octanol–water partition coefficient (Wildman–Crippen LogP) is -0.905. The molecule has 1 rings (SSSR count). The fraction of sp³-hybridized carbons (Fsp3) is 1.00. The van der Waals surface area contributed by atoms with E-state index in [1.807, 2.05) is 0 Å². The van der Waals surface area contributed by atoms with Crippen molar-refractivity contribution in [3.8, 4) is 0 Å². The van der Waals surface area contributed by atoms with Gasteiger partial charge in [-0.1, -0.05) is 0 Å². The number of aliphatic hydroxyl groups is 1. The highest BCUT2D eigenvalue weighted by Gasteiger charge is 2.23. The van der Waals surface area contributed by atoms with Gasteiger partial charge in [-0.25, -0.2) is 0 Å². The van der Waals surface area contributed by atoms with Crippen LogP contribution in [-0.2, 0) is 4.74 Å². The van der Waals surface area contributed by atoms with Crippen LogP contribution >= 0.6 is 0 Å². The monoisotopic (exact) mass is 117 g/mol. The van der Waals surface area contributed by atoms with Crippen molar-refractivity contribution < 1.29 is 9.84 Å². The van der Waals surface area contributed by atoms with E-state index < -0.39 is 0 Å². The fourth-order valence-corrected chi connectivity index (χ4v) is 0.853. The maximum atomic E-state index is 8.53. The topological polar surface area (TPSA) is 55.5 Å². The van der Waals surface area contributed by atoms with Gasteiger partial charge >= 0.3 is 0 Å². The zero-order valence-corrected chi connectivity index (χ0v) is 4.71. The molecule has 3 N–H and O–H groups in total. The molecule has 0 bridgehead atoms. The van der Waals surface area contributed by atoms with Crippen LogP contribution in [0.25, 0.3) is 0 Å². The molecule has 0 aromatic carbocycles. The van der Waals surface area contributed by atoms with Crippen molar-refractivity contribution >= 4 is 0 Å². The second-order valence-electron chi connectivity index (χ2n) is 2.04. The summed E-state index contributed by atoms with van der Waals surface area (Å²) < 4.78 is 5.04. The first-order valence-corrected chi connectivity index (χ1v) is 2.82. The summed E-state index contributed by atoms with van der Waals surface area (Å²) in [6.45, 7) is 0.758. The van der Waals surface area contributed by atoms with Gasteiger partial charge in [0.25, 0.3) is 0 Å². The zero-order valence-electron chi connectivity index (χ0n) is 4.71. The lowest BCUT2D eigenvalue weighted by molar-refractivity contribution is 0.0528. The quantitative estimate of drug-likeness (QED) is 0.467. The van der Waals surface area contributed by atoms with Crippen LogP contribution in [0.3, 0.4) is 0 Å². The lowest BCUT2D eigenvalue weighted by Crippen LogP contribution is -2.32. The van der Waals surface area contributed by atoms with E-state index in [-0.39, 0.29) is 18.8 Å². The van der Waals surface area contributed by atoms with Crippen molar-refractivity contribution in [2.75, 3.05) is 13.2 Å². The van der Waals surface area contributed by atoms with E-state index in [0.29, 0.717) is 6.61 Å². The first-order chi connectivity index (χ1) is 3.84. The Hall–Kier alpha value is -0.120. The summed E-state index contributed by atoms with van der Waals surface area (Å²) in [5, 5.41) is 8.53. The zero-order chi connectivity index (χ0) is 5.98. The van der Waals surface area contributed by atoms with Gasteiger partial charge in [0, 0.05) is 12.6 Å². The third-order valence-corrected chi connectivity index (χ3v) is 1.44. The van der Waals surface area contributed by atoms with Gasteiger partial charge < -0.3 is 15.6 Å². The second kappa shape index (κ2) is 2.44. The van der Waals surface area contributed by atoms with Crippen molar-refractivity contribution in [2.45, 2.75) is 18.6 Å². The summed E-state index contributed by atoms with van der Waals surface area (Å²) in [6, 6.07) is 0.0556. The van der Waals surface area contributed by atoms with Crippen molar-refractivity contribution in [3.63, 3.8) is 0 Å². The molecule has 2 atom stereocenters. The molecular formula is C5H11NO2. The fourth-order valence-electron chi connectivity index (χ4n) is 0.853. The summed E-state index contributed by atoms with van der Waals surface area (Å²) >= 11 is 0. The molecule has 3 nitrogen and oxygen atoms in total. The van der Waals surface area contributed by atoms with Crippen LogP contribution in [0.2, 0.25) is 0 Å². The highest BCUT2D eigenvalue weighted by Crippen LogP contribution is 2.09. The molecule has 1 aliphatic heterocycles. The lowest BCUT2D eigenvalue weighted by Gasteiger charge is -2.08. The summed E-state index contributed by atoms with van der Waals surface area (Å²) in [7, 11) is 0. The minimum Gasteiger partial charge on any atom is -0.394 e. The molecule has 1 heterocycles. The third kappa shape index (κ3) is 0.992. The Morgan fingerprint density at radius 1 is 1.75 bits per heavy atom. The van der Waals surface area contributed by atoms with Crippen LogP contribution in [0.5, 0.6) is 0 Å². The molecule has 0 spiro atoms. The van der Waals surface area contributed by atoms with Crippen molar-refractivity contribution in [1.82, 2.24) is 0 Å². The van der Waals surface area contributed by atoms with Gasteiger partial charge in [0.2, 0.25) is 0 Å². The van der Waals surface area contributed by atoms with E-state index in [1.165, 1.54) is 0 Å². The average molecular weight is 117 g/mol. The molecule has 8 heavy (non-hydrogen) atoms. The highest BCUT2D eigenvalue weighted by atomic mass is 16.5. The minimum absolute atomic E-state index is 0.0556. The lowest BCUT2D eigenvalue weighted by atomic mass is 10.2. The summed E-state index contributed by atoms with van der Waals surface area (Å²) in [5.41, 5.74) is 5.50. The summed E-state index contributed by atoms with van der Waals surface area (Å²) in [4.78, 5) is 0. The molecule has 0 radical (unpaired) electrons. The Balaban J connectivity index is 2.30. The molecule has 0 amide bonds. The van der Waals surface area contributed by atoms with Crippen molar-refractivity contribution in [2.24, 2.45) is 5.73 Å². The molecule has 1 fully saturated rings. The van der Waals surface area contributed by atoms with Crippen molar-refractivity contribution in [3.05, 3.63) is 0 Å². The van der Waals surface area contributed by atoms with Crippen LogP contribution < -0.4 is 5.73 Å². The number of ether oxygens (including phenoxy) is 1. The largest absolute Gasteiger partial charge is 0.394 e. The maximum absolute atomic E-state index is 8.53. The van der Waals surface area contributed by atoms with Crippen LogP contribution in [0.4, 0.5) is 0 Å². The highest BCUT2D eigenvalue weighted by molar-refractivity contribution is 4.77. The van der Waals surface area contributed by atoms with E-state index >= 15 is 0 Å². The van der Waals surface area contributed by atoms with Crippen LogP contribution in [-0.4, -0.2) is 30.5 Å². The van der Waals surface area contributed by atoms with Gasteiger partial charge in [0.15, 0.2) is 0 Å². The predicted molar refractivity (Wildman–Crippen MR) is 29.4 cm³/mol. The SMILES string of the molecule is NC1CCOC1CO. The number of aliphatic hydroxyl groups excluding tert-OH is 1. The van der Waals surface area contributed by atoms with Crippen LogP contribution in [0.1, 0.15) is 6.42 Å². The molecule has 0 aliphatic carbocycles. The molecule has 0 saturated carbocycles. The van der Waals surface area contributed by atoms with E-state index in [9.17, 15) is 0 Å². The Kier molecular flexibility index (Phi) is 1.83. The molecule has 0 aromatic rings. The van der Waals surface area contributed by atoms with E-state index in [1.54, 1.807) is 0 Å². The normalized spacial score (nSPS) is 38.2. The third-order valence-electron chi connectivity index (χ3n) is 1.44. The Morgan fingerprint density at radius 2 is 2.50 bits per heavy atom. The molecule has 3 heteroatoms. The number of hydrogen-bond donors (Lipinski definition) is 2. The number of nitrogens with two attached hydrogens (primary N) is 1. The van der Waals surface area contributed by atoms with Crippen LogP contribution in [0, 0.1) is 0 Å². The first kappa shape index (κ1) is 6.01. The van der Waals surface area contributed by atoms with Gasteiger partial charge in [-0.15, -0.1) is 0 Å². The minimum atomic E-state index is -0.102. The van der Waals surface area contributed by atoms with E-state index in [0.717, 1.165) is 6.42 Å². The Bertz CT molecular complexity index is 76.8. The Labute approximate surface area is 48.4 Å². The molecule has 2 unspecified atom stereocenters. The Morgan fingerprint density at radius 3 is 2.75 bits per heavy atom. The van der Waals surface area contributed by atoms with E-state index in [4.69, 9.17) is 15.6 Å². The second-order valence-corrected chi connectivity index (χ2v) is 2.04. The number of hydrogen-bond acceptors (Lipinski definition) is 3. The van der Waals surface area contributed by atoms with E-state index in [2.05, 4.69) is 0 Å². The number of rotatable bonds is 1. The molecular weight excluding hydrogens is 106 g/mol. The van der Waals surface area contributed by atoms with Crippen molar-refractivity contribution in [1.29, 1.82) is 0 Å². The standard InChI is InChI=1S/C5H11NO2/c6-4-1-2-8-5(4)3-7/h4-5,7H,1-3,6H2. The smallest absolute Gasteiger partial charge is 0.0956 e. The molecule has 48 valence electrons. The molecule has 0 aromatic heterocycles. The molecule has 1 aliphatic rings. The van der Waals surface area contributed by atoms with Gasteiger partial charge in [0.05, 0.1) is 12.7 Å². The van der Waals surface area contributed by atoms with Gasteiger partial charge in [-0.05, 0) is 6.42 Å². The van der Waals surface area contributed by atoms with Crippen LogP contribution in [0.15, 0.2) is 0 Å². The average Bonchev–Trinajstić information content (AvgIpc) is 2.14. The molecule has 1 saturated heterocycles. The van der Waals surface area contributed by atoms with Gasteiger partial charge in [0.1, 0.15) is 0 Å². The van der Waals surface area contributed by atoms with Gasteiger partial charge in [-0.3, -0.25) is 0 Å². The first-order valence-electron chi connectivity index (χ1n) is 2.82.